The quantitative estimate of drug-likeness (QED) is 0.574. The molecule has 0 saturated heterocycles. The Morgan fingerprint density at radius 2 is 1.00 bits per heavy atom. The molecule has 26 heavy (non-hydrogen) atoms. The van der Waals surface area contributed by atoms with E-state index in [0.29, 0.717) is 13.1 Å². The molecule has 0 bridgehead atoms. The van der Waals surface area contributed by atoms with Crippen LogP contribution in [0.15, 0.2) is 60.7 Å². The van der Waals surface area contributed by atoms with Crippen LogP contribution in [0.4, 0.5) is 0 Å². The smallest absolute Gasteiger partial charge is 0.304 e. The van der Waals surface area contributed by atoms with Crippen molar-refractivity contribution in [2.24, 2.45) is 11.5 Å². The molecule has 6 heteroatoms. The molecular formula is C20H26N2O4. The largest absolute Gasteiger partial charge is 0.481 e. The summed E-state index contributed by atoms with van der Waals surface area (Å²) in [6, 6.07) is 19.0. The molecule has 2 aromatic carbocycles. The normalized spacial score (nSPS) is 12.4. The highest BCUT2D eigenvalue weighted by atomic mass is 16.4. The number of rotatable bonds is 8. The van der Waals surface area contributed by atoms with Gasteiger partial charge in [0.1, 0.15) is 0 Å². The summed E-state index contributed by atoms with van der Waals surface area (Å²) in [5.41, 5.74) is 13.0. The lowest BCUT2D eigenvalue weighted by Crippen LogP contribution is -2.16. The first kappa shape index (κ1) is 21.3. The van der Waals surface area contributed by atoms with E-state index in [2.05, 4.69) is 0 Å². The zero-order valence-corrected chi connectivity index (χ0v) is 14.6. The standard InChI is InChI=1S/2C10H13NO2/c2*11-7-9(6-10(12)13)8-4-2-1-3-5-8/h2*1-5,9H,6-7,11H2,(H,12,13). The minimum Gasteiger partial charge on any atom is -0.481 e. The van der Waals surface area contributed by atoms with Crippen molar-refractivity contribution in [3.8, 4) is 0 Å². The summed E-state index contributed by atoms with van der Waals surface area (Å²) in [6.07, 6.45) is 0.195. The van der Waals surface area contributed by atoms with Gasteiger partial charge >= 0.3 is 11.9 Å². The van der Waals surface area contributed by atoms with Crippen LogP contribution in [0.1, 0.15) is 35.8 Å². The third kappa shape index (κ3) is 7.92. The second-order valence-corrected chi connectivity index (χ2v) is 5.88. The van der Waals surface area contributed by atoms with Crippen LogP contribution in [0.2, 0.25) is 0 Å². The van der Waals surface area contributed by atoms with Gasteiger partial charge in [0, 0.05) is 11.8 Å². The van der Waals surface area contributed by atoms with Crippen LogP contribution in [-0.4, -0.2) is 35.2 Å². The van der Waals surface area contributed by atoms with Gasteiger partial charge in [0.2, 0.25) is 0 Å². The number of hydrogen-bond acceptors (Lipinski definition) is 4. The van der Waals surface area contributed by atoms with Gasteiger partial charge < -0.3 is 21.7 Å². The molecule has 0 fully saturated rings. The van der Waals surface area contributed by atoms with E-state index in [-0.39, 0.29) is 24.7 Å². The van der Waals surface area contributed by atoms with Crippen LogP contribution in [0.25, 0.3) is 0 Å². The fourth-order valence-electron chi connectivity index (χ4n) is 2.55. The molecule has 2 unspecified atom stereocenters. The molecule has 0 spiro atoms. The maximum Gasteiger partial charge on any atom is 0.304 e. The molecule has 6 N–H and O–H groups in total. The monoisotopic (exact) mass is 358 g/mol. The summed E-state index contributed by atoms with van der Waals surface area (Å²) < 4.78 is 0. The summed E-state index contributed by atoms with van der Waals surface area (Å²) >= 11 is 0. The van der Waals surface area contributed by atoms with Crippen molar-refractivity contribution in [3.05, 3.63) is 71.8 Å². The van der Waals surface area contributed by atoms with Crippen LogP contribution in [-0.2, 0) is 9.59 Å². The van der Waals surface area contributed by atoms with Crippen LogP contribution in [0.5, 0.6) is 0 Å². The van der Waals surface area contributed by atoms with Gasteiger partial charge in [0.15, 0.2) is 0 Å². The van der Waals surface area contributed by atoms with Crippen LogP contribution in [0, 0.1) is 0 Å². The Balaban J connectivity index is 0.000000260. The molecule has 0 amide bonds. The highest BCUT2D eigenvalue weighted by Gasteiger charge is 2.13. The van der Waals surface area contributed by atoms with E-state index in [9.17, 15) is 9.59 Å². The lowest BCUT2D eigenvalue weighted by molar-refractivity contribution is -0.138. The van der Waals surface area contributed by atoms with Gasteiger partial charge in [-0.1, -0.05) is 60.7 Å². The molecule has 0 aliphatic rings. The van der Waals surface area contributed by atoms with Crippen LogP contribution in [0.3, 0.4) is 0 Å². The number of aliphatic carboxylic acids is 2. The topological polar surface area (TPSA) is 127 Å². The zero-order valence-electron chi connectivity index (χ0n) is 14.6. The number of carbonyl (C=O) groups is 2. The molecule has 0 radical (unpaired) electrons. The van der Waals surface area contributed by atoms with E-state index in [4.69, 9.17) is 21.7 Å². The summed E-state index contributed by atoms with van der Waals surface area (Å²) in [6.45, 7) is 0.743. The Hall–Kier alpha value is -2.70. The van der Waals surface area contributed by atoms with E-state index in [0.717, 1.165) is 11.1 Å². The van der Waals surface area contributed by atoms with E-state index in [1.54, 1.807) is 0 Å². The van der Waals surface area contributed by atoms with Gasteiger partial charge in [-0.15, -0.1) is 0 Å². The maximum absolute atomic E-state index is 10.5. The highest BCUT2D eigenvalue weighted by molar-refractivity contribution is 5.68. The Bertz CT molecular complexity index is 603. The molecule has 0 aliphatic heterocycles. The molecule has 2 rings (SSSR count). The predicted molar refractivity (Wildman–Crippen MR) is 101 cm³/mol. The van der Waals surface area contributed by atoms with Gasteiger partial charge in [-0.3, -0.25) is 9.59 Å². The first-order valence-corrected chi connectivity index (χ1v) is 8.41. The second kappa shape index (κ2) is 11.8. The maximum atomic E-state index is 10.5. The fraction of sp³-hybridized carbons (Fsp3) is 0.300. The molecular weight excluding hydrogens is 332 g/mol. The van der Waals surface area contributed by atoms with Crippen molar-refractivity contribution in [2.75, 3.05) is 13.1 Å². The lowest BCUT2D eigenvalue weighted by atomic mass is 9.96. The summed E-state index contributed by atoms with van der Waals surface area (Å²) in [7, 11) is 0. The molecule has 2 aromatic rings. The van der Waals surface area contributed by atoms with Crippen molar-refractivity contribution in [1.82, 2.24) is 0 Å². The van der Waals surface area contributed by atoms with Crippen LogP contribution >= 0.6 is 0 Å². The fourth-order valence-corrected chi connectivity index (χ4v) is 2.55. The van der Waals surface area contributed by atoms with E-state index in [1.165, 1.54) is 0 Å². The van der Waals surface area contributed by atoms with E-state index < -0.39 is 11.9 Å². The number of carboxylic acids is 2. The summed E-state index contributed by atoms with van der Waals surface area (Å²) in [5.74, 6) is -1.75. The van der Waals surface area contributed by atoms with Crippen molar-refractivity contribution in [1.29, 1.82) is 0 Å². The van der Waals surface area contributed by atoms with Crippen molar-refractivity contribution in [3.63, 3.8) is 0 Å². The second-order valence-electron chi connectivity index (χ2n) is 5.88. The van der Waals surface area contributed by atoms with Gasteiger partial charge in [-0.05, 0) is 24.2 Å². The molecule has 140 valence electrons. The first-order chi connectivity index (χ1) is 12.5. The minimum atomic E-state index is -0.806. The van der Waals surface area contributed by atoms with Gasteiger partial charge in [-0.25, -0.2) is 0 Å². The SMILES string of the molecule is NCC(CC(=O)O)c1ccccc1.NCC(CC(=O)O)c1ccccc1. The third-order valence-corrected chi connectivity index (χ3v) is 3.95. The highest BCUT2D eigenvalue weighted by Crippen LogP contribution is 2.18. The molecule has 0 saturated carbocycles. The Labute approximate surface area is 153 Å². The number of carboxylic acid groups (broad SMARTS) is 2. The molecule has 6 nitrogen and oxygen atoms in total. The van der Waals surface area contributed by atoms with Gasteiger partial charge in [-0.2, -0.15) is 0 Å². The van der Waals surface area contributed by atoms with Crippen LogP contribution < -0.4 is 11.5 Å². The Morgan fingerprint density at radius 3 is 1.23 bits per heavy atom. The van der Waals surface area contributed by atoms with Gasteiger partial charge in [0.05, 0.1) is 12.8 Å². The molecule has 0 aromatic heterocycles. The third-order valence-electron chi connectivity index (χ3n) is 3.95. The van der Waals surface area contributed by atoms with E-state index >= 15 is 0 Å². The summed E-state index contributed by atoms with van der Waals surface area (Å²) in [5, 5.41) is 17.2. The average Bonchev–Trinajstić information content (AvgIpc) is 2.66. The average molecular weight is 358 g/mol. The zero-order chi connectivity index (χ0) is 19.4. The number of hydrogen-bond donors (Lipinski definition) is 4. The minimum absolute atomic E-state index is 0.0706. The molecule has 2 atom stereocenters. The van der Waals surface area contributed by atoms with Crippen molar-refractivity contribution < 1.29 is 19.8 Å². The first-order valence-electron chi connectivity index (χ1n) is 8.41. The Morgan fingerprint density at radius 1 is 0.692 bits per heavy atom. The number of benzene rings is 2. The number of nitrogens with two attached hydrogens (primary N) is 2. The van der Waals surface area contributed by atoms with Crippen molar-refractivity contribution >= 4 is 11.9 Å². The van der Waals surface area contributed by atoms with Gasteiger partial charge in [0.25, 0.3) is 0 Å². The lowest BCUT2D eigenvalue weighted by Gasteiger charge is -2.11. The Kier molecular flexibility index (Phi) is 9.67. The predicted octanol–water partition coefficient (Wildman–Crippen LogP) is 2.41. The van der Waals surface area contributed by atoms with E-state index in [1.807, 2.05) is 60.7 Å². The van der Waals surface area contributed by atoms with Crippen molar-refractivity contribution in [2.45, 2.75) is 24.7 Å². The summed E-state index contributed by atoms with van der Waals surface area (Å²) in [4.78, 5) is 21.0. The molecule has 0 heterocycles. The molecule has 0 aliphatic carbocycles.